The number of aromatic amines is 1. The molecule has 0 amide bonds. The number of rotatable bonds is 5. The van der Waals surface area contributed by atoms with E-state index in [1.54, 1.807) is 12.1 Å². The van der Waals surface area contributed by atoms with Crippen LogP contribution in [0.2, 0.25) is 0 Å². The van der Waals surface area contributed by atoms with Gasteiger partial charge in [0, 0.05) is 25.9 Å². The third kappa shape index (κ3) is 4.13. The molecule has 3 aromatic rings. The van der Waals surface area contributed by atoms with Gasteiger partial charge in [-0.1, -0.05) is 23.4 Å². The fraction of sp³-hybridized carbons (Fsp3) is 0.250. The van der Waals surface area contributed by atoms with Crippen molar-refractivity contribution >= 4 is 26.8 Å². The highest BCUT2D eigenvalue weighted by molar-refractivity contribution is 7.89. The van der Waals surface area contributed by atoms with Crippen LogP contribution >= 0.6 is 0 Å². The van der Waals surface area contributed by atoms with Gasteiger partial charge in [-0.15, -0.1) is 0 Å². The Labute approximate surface area is 168 Å². The van der Waals surface area contributed by atoms with Crippen LogP contribution in [0.25, 0.3) is 11.0 Å². The minimum atomic E-state index is -3.62. The molecule has 1 aromatic heterocycles. The molecule has 1 aliphatic rings. The summed E-state index contributed by atoms with van der Waals surface area (Å²) in [6.07, 6.45) is 0.995. The number of nitriles is 1. The first-order valence-corrected chi connectivity index (χ1v) is 10.6. The maximum absolute atomic E-state index is 12.8. The molecular weight excluding hydrogens is 390 g/mol. The SMILES string of the molecule is N#Cc1cccc(S(=O)(=O)N2CCC(=NOCc3nc4ccccc4[nH]3)CC2)c1. The van der Waals surface area contributed by atoms with E-state index in [9.17, 15) is 8.42 Å². The number of hydrogen-bond donors (Lipinski definition) is 1. The number of fused-ring (bicyclic) bond motifs is 1. The van der Waals surface area contributed by atoms with Crippen molar-refractivity contribution < 1.29 is 13.3 Å². The summed E-state index contributed by atoms with van der Waals surface area (Å²) in [6, 6.07) is 15.8. The lowest BCUT2D eigenvalue weighted by Gasteiger charge is -2.26. The Hall–Kier alpha value is -3.22. The monoisotopic (exact) mass is 409 g/mol. The highest BCUT2D eigenvalue weighted by Gasteiger charge is 2.28. The van der Waals surface area contributed by atoms with Crippen LogP contribution in [0.4, 0.5) is 0 Å². The summed E-state index contributed by atoms with van der Waals surface area (Å²) in [5.41, 5.74) is 2.96. The van der Waals surface area contributed by atoms with E-state index in [4.69, 9.17) is 10.1 Å². The van der Waals surface area contributed by atoms with E-state index in [2.05, 4.69) is 15.1 Å². The fourth-order valence-corrected chi connectivity index (χ4v) is 4.70. The number of aromatic nitrogens is 2. The van der Waals surface area contributed by atoms with Gasteiger partial charge >= 0.3 is 0 Å². The summed E-state index contributed by atoms with van der Waals surface area (Å²) in [4.78, 5) is 13.2. The third-order valence-corrected chi connectivity index (χ3v) is 6.63. The number of oxime groups is 1. The minimum Gasteiger partial charge on any atom is -0.388 e. The van der Waals surface area contributed by atoms with Crippen LogP contribution in [0, 0.1) is 11.3 Å². The van der Waals surface area contributed by atoms with Crippen LogP contribution in [0.1, 0.15) is 24.2 Å². The van der Waals surface area contributed by atoms with Crippen LogP contribution in [0.3, 0.4) is 0 Å². The molecule has 1 saturated heterocycles. The second-order valence-electron chi connectivity index (χ2n) is 6.68. The number of benzene rings is 2. The van der Waals surface area contributed by atoms with Crippen LogP contribution in [-0.4, -0.2) is 41.5 Å². The Morgan fingerprint density at radius 1 is 1.17 bits per heavy atom. The lowest BCUT2D eigenvalue weighted by Crippen LogP contribution is -2.38. The van der Waals surface area contributed by atoms with Crippen molar-refractivity contribution in [1.82, 2.24) is 14.3 Å². The van der Waals surface area contributed by atoms with Crippen molar-refractivity contribution in [2.24, 2.45) is 5.16 Å². The van der Waals surface area contributed by atoms with E-state index in [1.165, 1.54) is 16.4 Å². The first kappa shape index (κ1) is 19.1. The molecule has 2 heterocycles. The Morgan fingerprint density at radius 3 is 2.72 bits per heavy atom. The van der Waals surface area contributed by atoms with Crippen molar-refractivity contribution in [3.8, 4) is 6.07 Å². The molecule has 8 nitrogen and oxygen atoms in total. The summed E-state index contributed by atoms with van der Waals surface area (Å²) in [6.45, 7) is 0.874. The molecule has 4 rings (SSSR count). The van der Waals surface area contributed by atoms with Gasteiger partial charge in [-0.2, -0.15) is 9.57 Å². The molecular formula is C20H19N5O3S. The number of para-hydroxylation sites is 2. The van der Waals surface area contributed by atoms with Gasteiger partial charge in [-0.25, -0.2) is 13.4 Å². The molecule has 0 unspecified atom stereocenters. The van der Waals surface area contributed by atoms with Gasteiger partial charge in [0.1, 0.15) is 5.82 Å². The van der Waals surface area contributed by atoms with Crippen LogP contribution < -0.4 is 0 Å². The number of hydrogen-bond acceptors (Lipinski definition) is 6. The standard InChI is InChI=1S/C20H19N5O3S/c21-13-15-4-3-5-17(12-15)29(26,27)25-10-8-16(9-11-25)24-28-14-20-22-18-6-1-2-7-19(18)23-20/h1-7,12H,8-11,14H2,(H,22,23). The van der Waals surface area contributed by atoms with E-state index in [0.717, 1.165) is 16.7 Å². The Kier molecular flexibility index (Phi) is 5.29. The quantitative estimate of drug-likeness (QED) is 0.651. The molecule has 1 N–H and O–H groups in total. The largest absolute Gasteiger partial charge is 0.388 e. The maximum Gasteiger partial charge on any atom is 0.243 e. The van der Waals surface area contributed by atoms with Crippen LogP contribution in [0.5, 0.6) is 0 Å². The van der Waals surface area contributed by atoms with Crippen molar-refractivity contribution in [2.75, 3.05) is 13.1 Å². The minimum absolute atomic E-state index is 0.137. The number of H-pyrrole nitrogens is 1. The highest BCUT2D eigenvalue weighted by Crippen LogP contribution is 2.21. The number of sulfonamides is 1. The fourth-order valence-electron chi connectivity index (χ4n) is 3.21. The zero-order valence-electron chi connectivity index (χ0n) is 15.6. The summed E-state index contributed by atoms with van der Waals surface area (Å²) >= 11 is 0. The van der Waals surface area contributed by atoms with Crippen molar-refractivity contribution in [1.29, 1.82) is 5.26 Å². The maximum atomic E-state index is 12.8. The lowest BCUT2D eigenvalue weighted by atomic mass is 10.1. The zero-order chi connectivity index (χ0) is 20.3. The molecule has 9 heteroatoms. The second-order valence-corrected chi connectivity index (χ2v) is 8.61. The predicted molar refractivity (Wildman–Crippen MR) is 107 cm³/mol. The number of nitrogens with zero attached hydrogens (tertiary/aromatic N) is 4. The Balaban J connectivity index is 1.35. The Bertz CT molecular complexity index is 1170. The normalized spacial score (nSPS) is 15.2. The molecule has 0 atom stereocenters. The first-order valence-electron chi connectivity index (χ1n) is 9.18. The van der Waals surface area contributed by atoms with E-state index >= 15 is 0 Å². The number of imidazole rings is 1. The zero-order valence-corrected chi connectivity index (χ0v) is 16.4. The summed E-state index contributed by atoms with van der Waals surface area (Å²) in [5, 5.41) is 13.1. The molecule has 29 heavy (non-hydrogen) atoms. The van der Waals surface area contributed by atoms with E-state index in [1.807, 2.05) is 30.3 Å². The summed E-state index contributed by atoms with van der Waals surface area (Å²) < 4.78 is 27.0. The average molecular weight is 409 g/mol. The molecule has 0 spiro atoms. The van der Waals surface area contributed by atoms with Gasteiger partial charge in [0.25, 0.3) is 0 Å². The van der Waals surface area contributed by atoms with Crippen LogP contribution in [0.15, 0.2) is 58.6 Å². The molecule has 0 aliphatic carbocycles. The lowest BCUT2D eigenvalue weighted by molar-refractivity contribution is 0.123. The molecule has 148 valence electrons. The molecule has 0 bridgehead atoms. The first-order chi connectivity index (χ1) is 14.1. The van der Waals surface area contributed by atoms with Gasteiger partial charge in [-0.05, 0) is 30.3 Å². The number of piperidine rings is 1. The van der Waals surface area contributed by atoms with E-state index < -0.39 is 10.0 Å². The predicted octanol–water partition coefficient (Wildman–Crippen LogP) is 2.79. The van der Waals surface area contributed by atoms with Gasteiger partial charge in [-0.3, -0.25) is 0 Å². The van der Waals surface area contributed by atoms with Gasteiger partial charge in [0.05, 0.1) is 33.3 Å². The molecule has 1 aliphatic heterocycles. The van der Waals surface area contributed by atoms with Crippen molar-refractivity contribution in [2.45, 2.75) is 24.3 Å². The molecule has 0 saturated carbocycles. The molecule has 1 fully saturated rings. The average Bonchev–Trinajstić information content (AvgIpc) is 3.17. The van der Waals surface area contributed by atoms with Crippen molar-refractivity contribution in [3.05, 3.63) is 59.9 Å². The molecule has 0 radical (unpaired) electrons. The summed E-state index contributed by atoms with van der Waals surface area (Å²) in [7, 11) is -3.62. The van der Waals surface area contributed by atoms with Gasteiger partial charge < -0.3 is 9.82 Å². The topological polar surface area (TPSA) is 111 Å². The smallest absolute Gasteiger partial charge is 0.243 e. The van der Waals surface area contributed by atoms with Gasteiger partial charge in [0.2, 0.25) is 10.0 Å². The third-order valence-electron chi connectivity index (χ3n) is 4.73. The number of nitrogens with one attached hydrogen (secondary N) is 1. The van der Waals surface area contributed by atoms with Crippen LogP contribution in [-0.2, 0) is 21.5 Å². The highest BCUT2D eigenvalue weighted by atomic mass is 32.2. The molecule has 2 aromatic carbocycles. The van der Waals surface area contributed by atoms with Crippen molar-refractivity contribution in [3.63, 3.8) is 0 Å². The second kappa shape index (κ2) is 8.03. The van der Waals surface area contributed by atoms with E-state index in [-0.39, 0.29) is 11.5 Å². The Morgan fingerprint density at radius 2 is 1.97 bits per heavy atom. The van der Waals surface area contributed by atoms with E-state index in [0.29, 0.717) is 37.3 Å². The summed E-state index contributed by atoms with van der Waals surface area (Å²) in [5.74, 6) is 0.688. The van der Waals surface area contributed by atoms with Gasteiger partial charge in [0.15, 0.2) is 6.61 Å².